The maximum atomic E-state index is 14.0. The SMILES string of the molecule is COc1ccc(N2C(=O)C3Sc4c(sc(=O)n4CC(=O)Nc4ccccc4)C(c4cccc(Cl)c4Cl)C3C2=O)cc1. The number of carbonyl (C=O) groups excluding carboxylic acids is 3. The van der Waals surface area contributed by atoms with Crippen molar-refractivity contribution in [3.8, 4) is 5.75 Å². The Morgan fingerprint density at radius 1 is 0.951 bits per heavy atom. The highest BCUT2D eigenvalue weighted by atomic mass is 35.5. The highest BCUT2D eigenvalue weighted by Gasteiger charge is 2.57. The van der Waals surface area contributed by atoms with E-state index in [9.17, 15) is 19.2 Å². The van der Waals surface area contributed by atoms with Crippen LogP contribution >= 0.6 is 46.3 Å². The molecule has 3 amide bonds. The Morgan fingerprint density at radius 3 is 2.39 bits per heavy atom. The molecule has 1 fully saturated rings. The number of hydrogen-bond acceptors (Lipinski definition) is 7. The molecule has 1 aromatic heterocycles. The van der Waals surface area contributed by atoms with Gasteiger partial charge in [0.05, 0.1) is 33.8 Å². The number of rotatable bonds is 6. The molecule has 3 aromatic carbocycles. The number of nitrogens with zero attached hydrogens (tertiary/aromatic N) is 2. The number of halogens is 2. The smallest absolute Gasteiger partial charge is 0.308 e. The normalized spacial score (nSPS) is 19.6. The zero-order valence-corrected chi connectivity index (χ0v) is 24.5. The number of hydrogen-bond donors (Lipinski definition) is 1. The lowest BCUT2D eigenvalue weighted by Gasteiger charge is -2.31. The number of thiazole rings is 1. The number of ether oxygens (including phenoxy) is 1. The Morgan fingerprint density at radius 2 is 1.68 bits per heavy atom. The van der Waals surface area contributed by atoms with Gasteiger partial charge in [-0.3, -0.25) is 23.7 Å². The van der Waals surface area contributed by atoms with Gasteiger partial charge < -0.3 is 10.1 Å². The lowest BCUT2D eigenvalue weighted by molar-refractivity contribution is -0.122. The Labute approximate surface area is 252 Å². The number of nitrogens with one attached hydrogen (secondary N) is 1. The van der Waals surface area contributed by atoms with Crippen LogP contribution in [-0.4, -0.2) is 34.6 Å². The fourth-order valence-electron chi connectivity index (χ4n) is 5.20. The van der Waals surface area contributed by atoms with Crippen molar-refractivity contribution in [1.29, 1.82) is 0 Å². The highest BCUT2D eigenvalue weighted by Crippen LogP contribution is 2.55. The van der Waals surface area contributed by atoms with E-state index < -0.39 is 34.8 Å². The van der Waals surface area contributed by atoms with E-state index in [0.717, 1.165) is 23.1 Å². The number of para-hydroxylation sites is 1. The van der Waals surface area contributed by atoms with E-state index in [0.29, 0.717) is 37.6 Å². The summed E-state index contributed by atoms with van der Waals surface area (Å²) in [4.78, 5) is 55.5. The summed E-state index contributed by atoms with van der Waals surface area (Å²) in [6.45, 7) is -0.260. The van der Waals surface area contributed by atoms with Crippen molar-refractivity contribution in [2.45, 2.75) is 22.7 Å². The largest absolute Gasteiger partial charge is 0.497 e. The Bertz CT molecular complexity index is 1740. The molecule has 4 aromatic rings. The van der Waals surface area contributed by atoms with Gasteiger partial charge in [-0.15, -0.1) is 0 Å². The number of methoxy groups -OCH3 is 1. The monoisotopic (exact) mass is 625 g/mol. The lowest BCUT2D eigenvalue weighted by Crippen LogP contribution is -2.33. The van der Waals surface area contributed by atoms with Gasteiger partial charge in [-0.2, -0.15) is 0 Å². The molecular weight excluding hydrogens is 605 g/mol. The van der Waals surface area contributed by atoms with Crippen LogP contribution in [0.15, 0.2) is 82.6 Å². The van der Waals surface area contributed by atoms with Gasteiger partial charge in [0.1, 0.15) is 17.5 Å². The molecule has 0 saturated carbocycles. The number of fused-ring (bicyclic) bond motifs is 2. The molecule has 3 unspecified atom stereocenters. The molecule has 1 saturated heterocycles. The molecule has 208 valence electrons. The van der Waals surface area contributed by atoms with E-state index in [1.807, 2.05) is 6.07 Å². The maximum absolute atomic E-state index is 14.0. The van der Waals surface area contributed by atoms with Crippen molar-refractivity contribution in [1.82, 2.24) is 4.57 Å². The van der Waals surface area contributed by atoms with Crippen LogP contribution in [0.1, 0.15) is 16.4 Å². The topological polar surface area (TPSA) is 97.7 Å². The fraction of sp³-hybridized carbons (Fsp3) is 0.172. The number of carbonyl (C=O) groups is 3. The van der Waals surface area contributed by atoms with Crippen LogP contribution in [0.25, 0.3) is 0 Å². The Balaban J connectivity index is 1.44. The molecule has 3 atom stereocenters. The van der Waals surface area contributed by atoms with Crippen molar-refractivity contribution in [2.24, 2.45) is 5.92 Å². The summed E-state index contributed by atoms with van der Waals surface area (Å²) in [5.74, 6) is -2.20. The van der Waals surface area contributed by atoms with Gasteiger partial charge in [0.2, 0.25) is 17.7 Å². The molecule has 0 bridgehead atoms. The van der Waals surface area contributed by atoms with Crippen LogP contribution in [0, 0.1) is 5.92 Å². The highest BCUT2D eigenvalue weighted by molar-refractivity contribution is 8.00. The number of benzene rings is 3. The first kappa shape index (κ1) is 27.6. The predicted octanol–water partition coefficient (Wildman–Crippen LogP) is 5.66. The molecule has 8 nitrogen and oxygen atoms in total. The minimum Gasteiger partial charge on any atom is -0.497 e. The molecular formula is C29H21Cl2N3O5S2. The molecule has 0 spiro atoms. The Hall–Kier alpha value is -3.57. The summed E-state index contributed by atoms with van der Waals surface area (Å²) in [5.41, 5.74) is 1.54. The first-order chi connectivity index (χ1) is 19.8. The molecule has 12 heteroatoms. The Kier molecular flexibility index (Phi) is 7.41. The average molecular weight is 627 g/mol. The second-order valence-corrected chi connectivity index (χ2v) is 12.3. The van der Waals surface area contributed by atoms with Crippen LogP contribution < -0.4 is 19.8 Å². The fourth-order valence-corrected chi connectivity index (χ4v) is 8.39. The average Bonchev–Trinajstić information content (AvgIpc) is 3.41. The number of imide groups is 1. The van der Waals surface area contributed by atoms with Crippen LogP contribution in [0.3, 0.4) is 0 Å². The van der Waals surface area contributed by atoms with E-state index in [1.54, 1.807) is 66.7 Å². The quantitative estimate of drug-likeness (QED) is 0.278. The third kappa shape index (κ3) is 4.84. The molecule has 0 radical (unpaired) electrons. The predicted molar refractivity (Wildman–Crippen MR) is 161 cm³/mol. The van der Waals surface area contributed by atoms with E-state index in [4.69, 9.17) is 27.9 Å². The van der Waals surface area contributed by atoms with Crippen molar-refractivity contribution < 1.29 is 19.1 Å². The summed E-state index contributed by atoms with van der Waals surface area (Å²) < 4.78 is 6.58. The molecule has 6 rings (SSSR count). The minimum absolute atomic E-state index is 0.244. The summed E-state index contributed by atoms with van der Waals surface area (Å²) in [6, 6.07) is 20.7. The second-order valence-electron chi connectivity index (χ2n) is 9.43. The van der Waals surface area contributed by atoms with Gasteiger partial charge in [0.25, 0.3) is 0 Å². The van der Waals surface area contributed by atoms with Crippen LogP contribution in [0.4, 0.5) is 11.4 Å². The van der Waals surface area contributed by atoms with Crippen molar-refractivity contribution in [3.05, 3.63) is 103 Å². The zero-order chi connectivity index (χ0) is 28.8. The van der Waals surface area contributed by atoms with Crippen molar-refractivity contribution >= 4 is 75.4 Å². The van der Waals surface area contributed by atoms with Crippen molar-refractivity contribution in [3.63, 3.8) is 0 Å². The van der Waals surface area contributed by atoms with Crippen LogP contribution in [0.5, 0.6) is 5.75 Å². The molecule has 3 heterocycles. The summed E-state index contributed by atoms with van der Waals surface area (Å²) in [6.07, 6.45) is 0. The van der Waals surface area contributed by atoms with Gasteiger partial charge in [-0.05, 0) is 48.0 Å². The first-order valence-electron chi connectivity index (χ1n) is 12.5. The summed E-state index contributed by atoms with van der Waals surface area (Å²) in [5, 5.41) is 2.94. The van der Waals surface area contributed by atoms with Crippen molar-refractivity contribution in [2.75, 3.05) is 17.3 Å². The third-order valence-corrected chi connectivity index (χ3v) is 10.5. The molecule has 0 aliphatic carbocycles. The second kappa shape index (κ2) is 11.0. The molecule has 41 heavy (non-hydrogen) atoms. The van der Waals surface area contributed by atoms with E-state index >= 15 is 0 Å². The summed E-state index contributed by atoms with van der Waals surface area (Å²) in [7, 11) is 1.53. The molecule has 2 aliphatic heterocycles. The standard InChI is InChI=1S/C29H21Cl2N3O5S2/c1-39-17-12-10-16(11-13-17)34-26(36)22-21(18-8-5-9-19(30)23(18)31)25-28(40-24(22)27(34)37)33(29(38)41-25)14-20(35)32-15-6-3-2-4-7-15/h2-13,21-22,24H,14H2,1H3,(H,32,35). The number of anilines is 2. The van der Waals surface area contributed by atoms with Gasteiger partial charge in [0, 0.05) is 16.5 Å². The number of aromatic nitrogens is 1. The van der Waals surface area contributed by atoms with Gasteiger partial charge in [-0.1, -0.05) is 76.6 Å². The summed E-state index contributed by atoms with van der Waals surface area (Å²) >= 11 is 15.1. The van der Waals surface area contributed by atoms with Gasteiger partial charge in [0.15, 0.2) is 0 Å². The zero-order valence-electron chi connectivity index (χ0n) is 21.4. The maximum Gasteiger partial charge on any atom is 0.308 e. The number of thioether (sulfide) groups is 1. The van der Waals surface area contributed by atoms with E-state index in [-0.39, 0.29) is 16.4 Å². The lowest BCUT2D eigenvalue weighted by atomic mass is 9.83. The molecule has 2 aliphatic rings. The third-order valence-electron chi connectivity index (χ3n) is 7.06. The first-order valence-corrected chi connectivity index (χ1v) is 14.9. The van der Waals surface area contributed by atoms with Crippen LogP contribution in [-0.2, 0) is 20.9 Å². The van der Waals surface area contributed by atoms with Gasteiger partial charge >= 0.3 is 4.87 Å². The van der Waals surface area contributed by atoms with E-state index in [2.05, 4.69) is 5.32 Å². The number of amides is 3. The minimum atomic E-state index is -0.852. The van der Waals surface area contributed by atoms with E-state index in [1.165, 1.54) is 16.6 Å². The van der Waals surface area contributed by atoms with Crippen LogP contribution in [0.2, 0.25) is 10.0 Å². The van der Waals surface area contributed by atoms with Gasteiger partial charge in [-0.25, -0.2) is 4.90 Å². The molecule has 1 N–H and O–H groups in total.